The number of hydrogen-bond acceptors (Lipinski definition) is 4. The van der Waals surface area contributed by atoms with E-state index in [9.17, 15) is 4.79 Å². The van der Waals surface area contributed by atoms with Crippen molar-refractivity contribution in [3.05, 3.63) is 38.8 Å². The minimum absolute atomic E-state index is 0.190. The summed E-state index contributed by atoms with van der Waals surface area (Å²) in [5.41, 5.74) is 0.627. The lowest BCUT2D eigenvalue weighted by Gasteiger charge is -2.55. The average molecular weight is 422 g/mol. The van der Waals surface area contributed by atoms with Crippen molar-refractivity contribution >= 4 is 45.6 Å². The van der Waals surface area contributed by atoms with Gasteiger partial charge >= 0.3 is 0 Å². The molecule has 1 aromatic carbocycles. The van der Waals surface area contributed by atoms with Gasteiger partial charge in [0.25, 0.3) is 5.91 Å². The Kier molecular flexibility index (Phi) is 4.26. The molecule has 1 heterocycles. The number of carbonyl (C=O) groups is 1. The van der Waals surface area contributed by atoms with Gasteiger partial charge in [-0.1, -0.05) is 34.5 Å². The third-order valence-electron chi connectivity index (χ3n) is 6.66. The van der Waals surface area contributed by atoms with Crippen molar-refractivity contribution in [2.24, 2.45) is 17.8 Å². The van der Waals surface area contributed by atoms with Crippen LogP contribution >= 0.6 is 34.5 Å². The lowest BCUT2D eigenvalue weighted by molar-refractivity contribution is -0.00555. The lowest BCUT2D eigenvalue weighted by atomic mass is 9.50. The van der Waals surface area contributed by atoms with Gasteiger partial charge in [-0.3, -0.25) is 9.69 Å². The molecule has 4 nitrogen and oxygen atoms in total. The van der Waals surface area contributed by atoms with Crippen LogP contribution in [0.5, 0.6) is 0 Å². The SMILES string of the molecule is CN(C(=O)c1ccc(Cl)cc1Cl)c1nnc(C23CC4CC(CC(C4)C2)C3)s1. The summed E-state index contributed by atoms with van der Waals surface area (Å²) in [6.07, 6.45) is 7.94. The molecular weight excluding hydrogens is 401 g/mol. The number of rotatable bonds is 3. The van der Waals surface area contributed by atoms with E-state index in [1.165, 1.54) is 38.5 Å². The number of carbonyl (C=O) groups excluding carboxylic acids is 1. The first-order valence-electron chi connectivity index (χ1n) is 9.50. The molecule has 0 spiro atoms. The summed E-state index contributed by atoms with van der Waals surface area (Å²) >= 11 is 13.7. The molecule has 4 saturated carbocycles. The second kappa shape index (κ2) is 6.43. The Morgan fingerprint density at radius 2 is 1.74 bits per heavy atom. The summed E-state index contributed by atoms with van der Waals surface area (Å²) in [5.74, 6) is 2.38. The highest BCUT2D eigenvalue weighted by atomic mass is 35.5. The van der Waals surface area contributed by atoms with Gasteiger partial charge in [0.05, 0.1) is 10.6 Å². The fourth-order valence-electron chi connectivity index (χ4n) is 5.87. The highest BCUT2D eigenvalue weighted by molar-refractivity contribution is 7.15. The van der Waals surface area contributed by atoms with Crippen LogP contribution in [0.2, 0.25) is 10.0 Å². The number of nitrogens with zero attached hydrogens (tertiary/aromatic N) is 3. The standard InChI is InChI=1S/C20H21Cl2N3OS/c1-25(17(26)15-3-2-14(21)7-16(15)22)19-24-23-18(27-19)20-8-11-4-12(9-20)6-13(5-11)10-20/h2-3,7,11-13H,4-6,8-10H2,1H3. The summed E-state index contributed by atoms with van der Waals surface area (Å²) in [7, 11) is 1.73. The first-order valence-corrected chi connectivity index (χ1v) is 11.1. The van der Waals surface area contributed by atoms with Gasteiger partial charge in [-0.2, -0.15) is 0 Å². The van der Waals surface area contributed by atoms with Crippen molar-refractivity contribution in [3.8, 4) is 0 Å². The first kappa shape index (κ1) is 17.9. The van der Waals surface area contributed by atoms with E-state index >= 15 is 0 Å². The smallest absolute Gasteiger partial charge is 0.261 e. The second-order valence-corrected chi connectivity index (χ2v) is 10.4. The molecular formula is C20H21Cl2N3OS. The summed E-state index contributed by atoms with van der Waals surface area (Å²) in [6.45, 7) is 0. The van der Waals surface area contributed by atoms with Crippen molar-refractivity contribution < 1.29 is 4.79 Å². The van der Waals surface area contributed by atoms with Gasteiger partial charge in [0.1, 0.15) is 5.01 Å². The normalized spacial score (nSPS) is 31.3. The van der Waals surface area contributed by atoms with Crippen LogP contribution < -0.4 is 4.90 Å². The zero-order valence-corrected chi connectivity index (χ0v) is 17.4. The van der Waals surface area contributed by atoms with Crippen LogP contribution in [-0.2, 0) is 5.41 Å². The van der Waals surface area contributed by atoms with Crippen molar-refractivity contribution in [3.63, 3.8) is 0 Å². The molecule has 4 aliphatic carbocycles. The molecule has 0 aliphatic heterocycles. The summed E-state index contributed by atoms with van der Waals surface area (Å²) in [4.78, 5) is 14.4. The quantitative estimate of drug-likeness (QED) is 0.648. The van der Waals surface area contributed by atoms with Gasteiger partial charge in [-0.05, 0) is 74.5 Å². The number of hydrogen-bond donors (Lipinski definition) is 0. The number of halogens is 2. The Morgan fingerprint density at radius 1 is 1.11 bits per heavy atom. The third kappa shape index (κ3) is 2.99. The maximum absolute atomic E-state index is 12.9. The van der Waals surface area contributed by atoms with E-state index in [0.717, 1.165) is 22.8 Å². The van der Waals surface area contributed by atoms with Gasteiger partial charge in [-0.15, -0.1) is 10.2 Å². The Morgan fingerprint density at radius 3 is 2.33 bits per heavy atom. The van der Waals surface area contributed by atoms with Crippen LogP contribution in [0.3, 0.4) is 0 Å². The largest absolute Gasteiger partial charge is 0.286 e. The maximum Gasteiger partial charge on any atom is 0.261 e. The van der Waals surface area contributed by atoms with Gasteiger partial charge < -0.3 is 0 Å². The molecule has 0 atom stereocenters. The van der Waals surface area contributed by atoms with E-state index in [4.69, 9.17) is 23.2 Å². The fourth-order valence-corrected chi connectivity index (χ4v) is 7.38. The molecule has 6 rings (SSSR count). The van der Waals surface area contributed by atoms with Gasteiger partial charge in [0.2, 0.25) is 5.13 Å². The van der Waals surface area contributed by atoms with Crippen LogP contribution in [0.1, 0.15) is 53.9 Å². The van der Waals surface area contributed by atoms with Gasteiger partial charge in [0, 0.05) is 17.5 Å². The second-order valence-electron chi connectivity index (χ2n) is 8.58. The molecule has 0 saturated heterocycles. The average Bonchev–Trinajstić information content (AvgIpc) is 3.10. The highest BCUT2D eigenvalue weighted by Gasteiger charge is 2.53. The van der Waals surface area contributed by atoms with Crippen LogP contribution in [-0.4, -0.2) is 23.2 Å². The van der Waals surface area contributed by atoms with Crippen LogP contribution in [0, 0.1) is 17.8 Å². The third-order valence-corrected chi connectivity index (χ3v) is 8.45. The Labute approximate surface area is 172 Å². The topological polar surface area (TPSA) is 46.1 Å². The lowest BCUT2D eigenvalue weighted by Crippen LogP contribution is -2.48. The van der Waals surface area contributed by atoms with E-state index in [-0.39, 0.29) is 11.3 Å². The van der Waals surface area contributed by atoms with Crippen LogP contribution in [0.15, 0.2) is 18.2 Å². The van der Waals surface area contributed by atoms with E-state index < -0.39 is 0 Å². The molecule has 1 aromatic heterocycles. The number of amides is 1. The molecule has 7 heteroatoms. The van der Waals surface area contributed by atoms with Crippen molar-refractivity contribution in [2.75, 3.05) is 11.9 Å². The zero-order valence-electron chi connectivity index (χ0n) is 15.1. The Bertz CT molecular complexity index is 877. The van der Waals surface area contributed by atoms with Crippen molar-refractivity contribution in [1.29, 1.82) is 0 Å². The predicted octanol–water partition coefficient (Wildman–Crippen LogP) is 5.59. The number of anilines is 1. The minimum Gasteiger partial charge on any atom is -0.286 e. The Balaban J connectivity index is 1.41. The molecule has 4 fully saturated rings. The number of aromatic nitrogens is 2. The zero-order chi connectivity index (χ0) is 18.8. The summed E-state index contributed by atoms with van der Waals surface area (Å²) < 4.78 is 0. The van der Waals surface area contributed by atoms with E-state index in [0.29, 0.717) is 20.7 Å². The summed E-state index contributed by atoms with van der Waals surface area (Å²) in [5, 5.41) is 11.6. The monoisotopic (exact) mass is 421 g/mol. The van der Waals surface area contributed by atoms with Crippen molar-refractivity contribution in [2.45, 2.75) is 43.9 Å². The first-order chi connectivity index (χ1) is 12.9. The van der Waals surface area contributed by atoms with E-state index in [1.54, 1.807) is 41.5 Å². The number of benzene rings is 1. The maximum atomic E-state index is 12.9. The minimum atomic E-state index is -0.190. The molecule has 4 aliphatic rings. The summed E-state index contributed by atoms with van der Waals surface area (Å²) in [6, 6.07) is 4.92. The fraction of sp³-hybridized carbons (Fsp3) is 0.550. The molecule has 0 radical (unpaired) electrons. The molecule has 27 heavy (non-hydrogen) atoms. The van der Waals surface area contributed by atoms with E-state index in [2.05, 4.69) is 10.2 Å². The molecule has 2 aromatic rings. The van der Waals surface area contributed by atoms with Gasteiger partial charge in [0.15, 0.2) is 0 Å². The van der Waals surface area contributed by atoms with Crippen LogP contribution in [0.4, 0.5) is 5.13 Å². The predicted molar refractivity (Wildman–Crippen MR) is 109 cm³/mol. The van der Waals surface area contributed by atoms with Crippen LogP contribution in [0.25, 0.3) is 0 Å². The molecule has 0 unspecified atom stereocenters. The highest BCUT2D eigenvalue weighted by Crippen LogP contribution is 2.61. The molecule has 142 valence electrons. The molecule has 1 amide bonds. The molecule has 0 N–H and O–H groups in total. The van der Waals surface area contributed by atoms with Gasteiger partial charge in [-0.25, -0.2) is 0 Å². The Hall–Kier alpha value is -1.17. The molecule has 4 bridgehead atoms. The van der Waals surface area contributed by atoms with E-state index in [1.807, 2.05) is 0 Å². The van der Waals surface area contributed by atoms with Crippen molar-refractivity contribution in [1.82, 2.24) is 10.2 Å².